The summed E-state index contributed by atoms with van der Waals surface area (Å²) in [5.41, 5.74) is 1.61. The van der Waals surface area contributed by atoms with Gasteiger partial charge in [-0.1, -0.05) is 0 Å². The first-order valence-electron chi connectivity index (χ1n) is 12.0. The Morgan fingerprint density at radius 1 is 1.17 bits per heavy atom. The third kappa shape index (κ3) is 5.16. The Kier molecular flexibility index (Phi) is 6.36. The van der Waals surface area contributed by atoms with Gasteiger partial charge in [0.1, 0.15) is 27.3 Å². The summed E-state index contributed by atoms with van der Waals surface area (Å²) in [5.74, 6) is 0.361. The summed E-state index contributed by atoms with van der Waals surface area (Å²) in [7, 11) is 0. The zero-order chi connectivity index (χ0) is 25.6. The molecule has 0 unspecified atom stereocenters. The van der Waals surface area contributed by atoms with Crippen molar-refractivity contribution in [2.45, 2.75) is 77.4 Å². The van der Waals surface area contributed by atoms with Crippen LogP contribution in [0.15, 0.2) is 24.5 Å². The van der Waals surface area contributed by atoms with Crippen LogP contribution >= 0.6 is 11.3 Å². The molecule has 0 saturated heterocycles. The molecule has 0 spiro atoms. The van der Waals surface area contributed by atoms with E-state index in [0.29, 0.717) is 23.0 Å². The van der Waals surface area contributed by atoms with Gasteiger partial charge in [0.2, 0.25) is 0 Å². The molecule has 1 N–H and O–H groups in total. The predicted octanol–water partition coefficient (Wildman–Crippen LogP) is 6.20. The van der Waals surface area contributed by atoms with Gasteiger partial charge in [-0.2, -0.15) is 5.10 Å². The number of carbonyl (C=O) groups is 1. The van der Waals surface area contributed by atoms with Crippen LogP contribution in [0.2, 0.25) is 0 Å². The summed E-state index contributed by atoms with van der Waals surface area (Å²) in [6, 6.07) is 3.50. The van der Waals surface area contributed by atoms with Crippen LogP contribution in [0.5, 0.6) is 0 Å². The minimum atomic E-state index is -2.68. The van der Waals surface area contributed by atoms with E-state index in [-0.39, 0.29) is 23.3 Å². The van der Waals surface area contributed by atoms with E-state index in [4.69, 9.17) is 9.72 Å². The Hall–Kier alpha value is -3.21. The van der Waals surface area contributed by atoms with Crippen LogP contribution in [0.4, 0.5) is 13.6 Å². The number of nitrogens with zero attached hydrogens (tertiary/aromatic N) is 5. The number of amides is 1. The molecule has 36 heavy (non-hydrogen) atoms. The Morgan fingerprint density at radius 3 is 2.61 bits per heavy atom. The van der Waals surface area contributed by atoms with Crippen molar-refractivity contribution in [1.82, 2.24) is 29.9 Å². The monoisotopic (exact) mass is 514 g/mol. The molecular weight excluding hydrogens is 486 g/mol. The molecule has 8 nitrogen and oxygen atoms in total. The largest absolute Gasteiger partial charge is 0.444 e. The molecule has 4 aromatic heterocycles. The van der Waals surface area contributed by atoms with Crippen LogP contribution in [0.25, 0.3) is 27.4 Å². The molecule has 5 rings (SSSR count). The summed E-state index contributed by atoms with van der Waals surface area (Å²) in [4.78, 5) is 27.4. The van der Waals surface area contributed by atoms with Crippen molar-refractivity contribution in [3.63, 3.8) is 0 Å². The minimum Gasteiger partial charge on any atom is -0.444 e. The van der Waals surface area contributed by atoms with Gasteiger partial charge in [-0.25, -0.2) is 28.1 Å². The first-order valence-corrected chi connectivity index (χ1v) is 12.8. The zero-order valence-corrected chi connectivity index (χ0v) is 21.4. The molecule has 4 heterocycles. The van der Waals surface area contributed by atoms with Gasteiger partial charge >= 0.3 is 6.09 Å². The van der Waals surface area contributed by atoms with E-state index in [1.165, 1.54) is 15.5 Å². The zero-order valence-electron chi connectivity index (χ0n) is 20.6. The average molecular weight is 515 g/mol. The average Bonchev–Trinajstić information content (AvgIpc) is 3.39. The van der Waals surface area contributed by atoms with Crippen LogP contribution in [0.1, 0.15) is 74.9 Å². The molecule has 0 aliphatic heterocycles. The number of aromatic nitrogens is 5. The van der Waals surface area contributed by atoms with E-state index in [2.05, 4.69) is 26.4 Å². The highest BCUT2D eigenvalue weighted by Gasteiger charge is 2.27. The number of alkyl carbamates (subject to hydrolysis) is 1. The van der Waals surface area contributed by atoms with Crippen molar-refractivity contribution in [3.05, 3.63) is 40.7 Å². The number of carbonyl (C=O) groups excluding carboxylic acids is 1. The van der Waals surface area contributed by atoms with Gasteiger partial charge in [0.15, 0.2) is 5.65 Å². The summed E-state index contributed by atoms with van der Waals surface area (Å²) < 4.78 is 34.1. The van der Waals surface area contributed by atoms with E-state index >= 15 is 0 Å². The van der Waals surface area contributed by atoms with E-state index < -0.39 is 12.0 Å². The second kappa shape index (κ2) is 9.34. The lowest BCUT2D eigenvalue weighted by Gasteiger charge is -2.29. The van der Waals surface area contributed by atoms with Crippen LogP contribution in [0, 0.1) is 6.92 Å². The molecule has 4 aromatic rings. The molecule has 1 aliphatic rings. The SMILES string of the molecule is Cc1cn2nc(-c3cnc4cc(C5CCC(NC(=O)OC(C)(C)C)CC5)sc4n3)cc(C(F)F)c2n1. The molecule has 0 radical (unpaired) electrons. The second-order valence-corrected chi connectivity index (χ2v) is 11.3. The number of aryl methyl sites for hydroxylation is 1. The first-order chi connectivity index (χ1) is 17.1. The molecule has 1 fully saturated rings. The van der Waals surface area contributed by atoms with Crippen LogP contribution in [0.3, 0.4) is 0 Å². The predicted molar refractivity (Wildman–Crippen MR) is 133 cm³/mol. The third-order valence-corrected chi connectivity index (χ3v) is 7.36. The van der Waals surface area contributed by atoms with E-state index in [1.807, 2.05) is 20.8 Å². The number of fused-ring (bicyclic) bond motifs is 2. The number of ether oxygens (including phenoxy) is 1. The maximum atomic E-state index is 13.7. The Labute approximate surface area is 211 Å². The van der Waals surface area contributed by atoms with Crippen molar-refractivity contribution >= 4 is 33.4 Å². The maximum absolute atomic E-state index is 13.7. The van der Waals surface area contributed by atoms with Crippen molar-refractivity contribution in [1.29, 1.82) is 0 Å². The quantitative estimate of drug-likeness (QED) is 0.349. The maximum Gasteiger partial charge on any atom is 0.407 e. The number of thiophene rings is 1. The number of rotatable bonds is 4. The minimum absolute atomic E-state index is 0.102. The Bertz CT molecular complexity index is 1420. The molecule has 0 bridgehead atoms. The molecule has 0 atom stereocenters. The Morgan fingerprint density at radius 2 is 1.92 bits per heavy atom. The smallest absolute Gasteiger partial charge is 0.407 e. The summed E-state index contributed by atoms with van der Waals surface area (Å²) in [6.45, 7) is 7.29. The van der Waals surface area contributed by atoms with Crippen molar-refractivity contribution < 1.29 is 18.3 Å². The lowest BCUT2D eigenvalue weighted by molar-refractivity contribution is 0.0491. The molecular formula is C25H28F2N6O2S. The fourth-order valence-corrected chi connectivity index (χ4v) is 5.71. The van der Waals surface area contributed by atoms with Gasteiger partial charge in [0.05, 0.1) is 23.7 Å². The van der Waals surface area contributed by atoms with Crippen molar-refractivity contribution in [3.8, 4) is 11.4 Å². The summed E-state index contributed by atoms with van der Waals surface area (Å²) in [5, 5.41) is 7.42. The lowest BCUT2D eigenvalue weighted by Crippen LogP contribution is -2.40. The van der Waals surface area contributed by atoms with Gasteiger partial charge in [-0.3, -0.25) is 4.98 Å². The molecule has 1 aliphatic carbocycles. The summed E-state index contributed by atoms with van der Waals surface area (Å²) in [6.07, 6.45) is 3.76. The summed E-state index contributed by atoms with van der Waals surface area (Å²) >= 11 is 1.57. The highest BCUT2D eigenvalue weighted by Crippen LogP contribution is 2.38. The fourth-order valence-electron chi connectivity index (χ4n) is 4.55. The second-order valence-electron chi connectivity index (χ2n) is 10.2. The lowest BCUT2D eigenvalue weighted by atomic mass is 9.85. The molecule has 1 amide bonds. The highest BCUT2D eigenvalue weighted by atomic mass is 32.1. The fraction of sp³-hybridized carbons (Fsp3) is 0.480. The van der Waals surface area contributed by atoms with Crippen LogP contribution in [-0.2, 0) is 4.74 Å². The Balaban J connectivity index is 1.33. The third-order valence-electron chi connectivity index (χ3n) is 6.18. The van der Waals surface area contributed by atoms with Gasteiger partial charge < -0.3 is 10.1 Å². The molecule has 1 saturated carbocycles. The number of nitrogens with one attached hydrogen (secondary N) is 1. The van der Waals surface area contributed by atoms with Gasteiger partial charge in [-0.15, -0.1) is 11.3 Å². The first kappa shape index (κ1) is 24.5. The van der Waals surface area contributed by atoms with Crippen molar-refractivity contribution in [2.24, 2.45) is 0 Å². The number of halogens is 2. The molecule has 11 heteroatoms. The standard InChI is InChI=1S/C25H28F2N6O2S/c1-13-12-33-22(29-13)16(21(26)27)9-17(32-33)19-11-28-18-10-20(36-23(18)31-19)14-5-7-15(8-6-14)30-24(34)35-25(2,3)4/h9-12,14-15,21H,5-8H2,1-4H3,(H,30,34). The molecule has 0 aromatic carbocycles. The highest BCUT2D eigenvalue weighted by molar-refractivity contribution is 7.18. The van der Waals surface area contributed by atoms with E-state index in [9.17, 15) is 13.6 Å². The van der Waals surface area contributed by atoms with E-state index in [1.54, 1.807) is 30.7 Å². The number of imidazole rings is 1. The topological polar surface area (TPSA) is 94.3 Å². The number of hydrogen-bond donors (Lipinski definition) is 1. The van der Waals surface area contributed by atoms with Gasteiger partial charge in [-0.05, 0) is 71.4 Å². The number of hydrogen-bond acceptors (Lipinski definition) is 7. The van der Waals surface area contributed by atoms with Gasteiger partial charge in [0, 0.05) is 10.9 Å². The van der Waals surface area contributed by atoms with E-state index in [0.717, 1.165) is 36.0 Å². The van der Waals surface area contributed by atoms with Crippen LogP contribution < -0.4 is 5.32 Å². The number of alkyl halides is 2. The normalized spacial score (nSPS) is 18.8. The molecule has 190 valence electrons. The van der Waals surface area contributed by atoms with Crippen LogP contribution in [-0.4, -0.2) is 42.3 Å². The van der Waals surface area contributed by atoms with Crippen molar-refractivity contribution in [2.75, 3.05) is 0 Å². The van der Waals surface area contributed by atoms with Gasteiger partial charge in [0.25, 0.3) is 6.43 Å².